The van der Waals surface area contributed by atoms with Gasteiger partial charge >= 0.3 is 0 Å². The number of piperidine rings is 1. The number of hydrogen-bond donors (Lipinski definition) is 1. The molecule has 3 aliphatic heterocycles. The lowest BCUT2D eigenvalue weighted by Gasteiger charge is -2.36. The second-order valence-corrected chi connectivity index (χ2v) is 7.49. The Morgan fingerprint density at radius 2 is 2.20 bits per heavy atom. The number of rotatable bonds is 4. The molecule has 3 aliphatic rings. The maximum atomic E-state index is 12.5. The molecule has 6 heteroatoms. The van der Waals surface area contributed by atoms with Crippen LogP contribution in [0.5, 0.6) is 0 Å². The van der Waals surface area contributed by atoms with Crippen molar-refractivity contribution in [1.82, 2.24) is 9.88 Å². The number of nitrogens with zero attached hydrogens (tertiary/aromatic N) is 2. The van der Waals surface area contributed by atoms with Crippen molar-refractivity contribution in [2.75, 3.05) is 38.2 Å². The lowest BCUT2D eigenvalue weighted by atomic mass is 9.90. The number of fused-ring (bicyclic) bond motifs is 1. The van der Waals surface area contributed by atoms with E-state index in [1.807, 2.05) is 12.1 Å². The minimum atomic E-state index is -0.335. The molecule has 0 bridgehead atoms. The fourth-order valence-corrected chi connectivity index (χ4v) is 4.28. The Labute approximate surface area is 148 Å². The van der Waals surface area contributed by atoms with Gasteiger partial charge in [-0.05, 0) is 56.2 Å². The van der Waals surface area contributed by atoms with E-state index >= 15 is 0 Å². The van der Waals surface area contributed by atoms with Gasteiger partial charge in [0.2, 0.25) is 0 Å². The third-order valence-electron chi connectivity index (χ3n) is 5.71. The van der Waals surface area contributed by atoms with E-state index in [1.54, 1.807) is 12.4 Å². The van der Waals surface area contributed by atoms with Gasteiger partial charge in [0.1, 0.15) is 6.10 Å². The van der Waals surface area contributed by atoms with Crippen LogP contribution in [0.2, 0.25) is 0 Å². The SMILES string of the molecule is O=C(Nc1cccnc1)[C@@H]1C[C@H]2CCN(CC3CCOCC3)C[C@H]2O1. The standard InChI is InChI=1S/C19H27N3O3/c23-19(21-16-2-1-6-20-11-16)17-10-15-3-7-22(13-18(15)25-17)12-14-4-8-24-9-5-14/h1-2,6,11,14-15,17-18H,3-5,7-10,12-13H2,(H,21,23)/t15-,17+,18-/m1/s1. The first-order valence-electron chi connectivity index (χ1n) is 9.44. The summed E-state index contributed by atoms with van der Waals surface area (Å²) in [6.07, 6.45) is 7.52. The number of carbonyl (C=O) groups is 1. The molecular formula is C19H27N3O3. The predicted octanol–water partition coefficient (Wildman–Crippen LogP) is 1.93. The zero-order valence-electron chi connectivity index (χ0n) is 14.6. The van der Waals surface area contributed by atoms with E-state index in [0.717, 1.165) is 57.3 Å². The fourth-order valence-electron chi connectivity index (χ4n) is 4.28. The first kappa shape index (κ1) is 16.9. The Morgan fingerprint density at radius 1 is 1.32 bits per heavy atom. The van der Waals surface area contributed by atoms with Gasteiger partial charge in [0.05, 0.1) is 18.0 Å². The minimum absolute atomic E-state index is 0.0432. The highest BCUT2D eigenvalue weighted by Gasteiger charge is 2.42. The molecule has 3 fully saturated rings. The molecular weight excluding hydrogens is 318 g/mol. The summed E-state index contributed by atoms with van der Waals surface area (Å²) < 4.78 is 11.6. The first-order valence-corrected chi connectivity index (χ1v) is 9.44. The van der Waals surface area contributed by atoms with Gasteiger partial charge in [0, 0.05) is 32.5 Å². The largest absolute Gasteiger partial charge is 0.381 e. The molecule has 1 aromatic rings. The van der Waals surface area contributed by atoms with E-state index in [-0.39, 0.29) is 18.1 Å². The summed E-state index contributed by atoms with van der Waals surface area (Å²) in [5.74, 6) is 1.21. The first-order chi connectivity index (χ1) is 12.3. The van der Waals surface area contributed by atoms with Crippen LogP contribution in [-0.4, -0.2) is 60.8 Å². The Bertz CT molecular complexity index is 577. The number of ether oxygens (including phenoxy) is 2. The Kier molecular flexibility index (Phi) is 5.29. The summed E-state index contributed by atoms with van der Waals surface area (Å²) in [5, 5.41) is 2.92. The molecule has 1 aromatic heterocycles. The van der Waals surface area contributed by atoms with Gasteiger partial charge in [-0.25, -0.2) is 0 Å². The van der Waals surface area contributed by atoms with E-state index < -0.39 is 0 Å². The van der Waals surface area contributed by atoms with Crippen LogP contribution in [0.25, 0.3) is 0 Å². The summed E-state index contributed by atoms with van der Waals surface area (Å²) in [4.78, 5) is 19.0. The second kappa shape index (κ2) is 7.81. The van der Waals surface area contributed by atoms with Gasteiger partial charge in [0.15, 0.2) is 0 Å². The summed E-state index contributed by atoms with van der Waals surface area (Å²) in [6.45, 7) is 5.02. The van der Waals surface area contributed by atoms with Crippen molar-refractivity contribution >= 4 is 11.6 Å². The third-order valence-corrected chi connectivity index (χ3v) is 5.71. The van der Waals surface area contributed by atoms with Crippen LogP contribution in [0.4, 0.5) is 5.69 Å². The maximum Gasteiger partial charge on any atom is 0.253 e. The fraction of sp³-hybridized carbons (Fsp3) is 0.684. The highest BCUT2D eigenvalue weighted by molar-refractivity contribution is 5.94. The highest BCUT2D eigenvalue weighted by Crippen LogP contribution is 2.34. The third kappa shape index (κ3) is 4.19. The second-order valence-electron chi connectivity index (χ2n) is 7.49. The lowest BCUT2D eigenvalue weighted by Crippen LogP contribution is -2.45. The predicted molar refractivity (Wildman–Crippen MR) is 94.2 cm³/mol. The molecule has 25 heavy (non-hydrogen) atoms. The van der Waals surface area contributed by atoms with E-state index in [9.17, 15) is 4.79 Å². The molecule has 4 rings (SSSR count). The Hall–Kier alpha value is -1.50. The zero-order valence-corrected chi connectivity index (χ0v) is 14.6. The molecule has 1 amide bonds. The summed E-state index contributed by atoms with van der Waals surface area (Å²) in [7, 11) is 0. The van der Waals surface area contributed by atoms with E-state index in [1.165, 1.54) is 12.8 Å². The molecule has 4 heterocycles. The van der Waals surface area contributed by atoms with Crippen LogP contribution in [0.15, 0.2) is 24.5 Å². The monoisotopic (exact) mass is 345 g/mol. The average molecular weight is 345 g/mol. The number of nitrogens with one attached hydrogen (secondary N) is 1. The van der Waals surface area contributed by atoms with Crippen molar-refractivity contribution in [2.24, 2.45) is 11.8 Å². The number of likely N-dealkylation sites (tertiary alicyclic amines) is 1. The van der Waals surface area contributed by atoms with Gasteiger partial charge in [-0.1, -0.05) is 0 Å². The number of aromatic nitrogens is 1. The number of anilines is 1. The van der Waals surface area contributed by atoms with E-state index in [0.29, 0.717) is 5.92 Å². The van der Waals surface area contributed by atoms with Crippen LogP contribution in [-0.2, 0) is 14.3 Å². The van der Waals surface area contributed by atoms with Crippen LogP contribution < -0.4 is 5.32 Å². The molecule has 0 aromatic carbocycles. The van der Waals surface area contributed by atoms with Crippen molar-refractivity contribution in [2.45, 2.75) is 37.9 Å². The number of pyridine rings is 1. The molecule has 1 N–H and O–H groups in total. The van der Waals surface area contributed by atoms with Gasteiger partial charge in [0.25, 0.3) is 5.91 Å². The lowest BCUT2D eigenvalue weighted by molar-refractivity contribution is -0.127. The quantitative estimate of drug-likeness (QED) is 0.903. The number of amides is 1. The summed E-state index contributed by atoms with van der Waals surface area (Å²) in [5.41, 5.74) is 0.729. The van der Waals surface area contributed by atoms with Crippen LogP contribution in [0, 0.1) is 11.8 Å². The Balaban J connectivity index is 1.28. The number of hydrogen-bond acceptors (Lipinski definition) is 5. The highest BCUT2D eigenvalue weighted by atomic mass is 16.5. The molecule has 0 saturated carbocycles. The molecule has 0 radical (unpaired) electrons. The van der Waals surface area contributed by atoms with Crippen LogP contribution >= 0.6 is 0 Å². The van der Waals surface area contributed by atoms with Gasteiger partial charge in [-0.2, -0.15) is 0 Å². The minimum Gasteiger partial charge on any atom is -0.381 e. The van der Waals surface area contributed by atoms with Crippen molar-refractivity contribution < 1.29 is 14.3 Å². The van der Waals surface area contributed by atoms with E-state index in [2.05, 4.69) is 15.2 Å². The molecule has 6 nitrogen and oxygen atoms in total. The maximum absolute atomic E-state index is 12.5. The van der Waals surface area contributed by atoms with Gasteiger partial charge < -0.3 is 19.7 Å². The molecule has 0 aliphatic carbocycles. The normalized spacial score (nSPS) is 30.8. The molecule has 0 spiro atoms. The molecule has 3 atom stereocenters. The molecule has 3 saturated heterocycles. The average Bonchev–Trinajstić information content (AvgIpc) is 3.07. The zero-order chi connectivity index (χ0) is 17.1. The summed E-state index contributed by atoms with van der Waals surface area (Å²) >= 11 is 0. The van der Waals surface area contributed by atoms with E-state index in [4.69, 9.17) is 9.47 Å². The van der Waals surface area contributed by atoms with Gasteiger partial charge in [-0.3, -0.25) is 9.78 Å². The number of carbonyl (C=O) groups excluding carboxylic acids is 1. The van der Waals surface area contributed by atoms with Crippen LogP contribution in [0.1, 0.15) is 25.7 Å². The topological polar surface area (TPSA) is 63.7 Å². The summed E-state index contributed by atoms with van der Waals surface area (Å²) in [6, 6.07) is 3.67. The molecule has 0 unspecified atom stereocenters. The van der Waals surface area contributed by atoms with Crippen molar-refractivity contribution in [3.8, 4) is 0 Å². The van der Waals surface area contributed by atoms with Crippen LogP contribution in [0.3, 0.4) is 0 Å². The smallest absolute Gasteiger partial charge is 0.253 e. The Morgan fingerprint density at radius 3 is 3.00 bits per heavy atom. The van der Waals surface area contributed by atoms with Crippen molar-refractivity contribution in [3.63, 3.8) is 0 Å². The van der Waals surface area contributed by atoms with Crippen molar-refractivity contribution in [3.05, 3.63) is 24.5 Å². The van der Waals surface area contributed by atoms with Crippen molar-refractivity contribution in [1.29, 1.82) is 0 Å². The molecule has 136 valence electrons. The van der Waals surface area contributed by atoms with Gasteiger partial charge in [-0.15, -0.1) is 0 Å².